The van der Waals surface area contributed by atoms with E-state index >= 15 is 0 Å². The van der Waals surface area contributed by atoms with Gasteiger partial charge in [-0.25, -0.2) is 0 Å². The second kappa shape index (κ2) is 40.9. The molecule has 11 aromatic carbocycles. The van der Waals surface area contributed by atoms with E-state index < -0.39 is 30.3 Å². The van der Waals surface area contributed by atoms with Crippen LogP contribution < -0.4 is 47.7 Å². The van der Waals surface area contributed by atoms with Crippen molar-refractivity contribution in [1.29, 1.82) is 0 Å². The fourth-order valence-electron chi connectivity index (χ4n) is 9.08. The molecule has 0 fully saturated rings. The summed E-state index contributed by atoms with van der Waals surface area (Å²) in [7, 11) is 3.23. The van der Waals surface area contributed by atoms with Gasteiger partial charge in [0.05, 0.1) is 15.9 Å². The topological polar surface area (TPSA) is 94.5 Å². The molecule has 0 saturated heterocycles. The van der Waals surface area contributed by atoms with E-state index in [0.29, 0.717) is 23.1 Å². The Labute approximate surface area is 536 Å². The first-order valence-corrected chi connectivity index (χ1v) is 34.5. The average Bonchev–Trinajstić information content (AvgIpc) is 2.66. The normalized spacial score (nSPS) is 10.5. The maximum absolute atomic E-state index is 11.1. The minimum atomic E-state index is -2.35. The van der Waals surface area contributed by atoms with Crippen molar-refractivity contribution >= 4 is 92.8 Å². The molecule has 0 amide bonds. The van der Waals surface area contributed by atoms with Gasteiger partial charge in [0.1, 0.15) is 0 Å². The molecule has 0 aliphatic carbocycles. The fraction of sp³-hybridized carbons (Fsp3) is 0.104. The molecule has 0 aromatic heterocycles. The van der Waals surface area contributed by atoms with Crippen LogP contribution in [0.2, 0.25) is 0 Å². The Morgan fingerprint density at radius 1 is 0.356 bits per heavy atom. The first-order valence-electron chi connectivity index (χ1n) is 29.2. The third kappa shape index (κ3) is 22.7. The molecule has 0 unspecified atom stereocenters. The number of carbonyl (C=O) groups excluding carboxylic acids is 2. The molecular formula is C77H73ClO5P3Ru. The Bertz CT molecular complexity index is 3200. The molecule has 0 saturated carbocycles. The summed E-state index contributed by atoms with van der Waals surface area (Å²) in [5.41, 5.74) is 4.11. The number of aryl methyl sites for hydroxylation is 2. The van der Waals surface area contributed by atoms with Crippen molar-refractivity contribution in [3.63, 3.8) is 0 Å². The number of benzene rings is 11. The largest absolute Gasteiger partial charge is 0.0622 e. The van der Waals surface area contributed by atoms with Gasteiger partial charge in [-0.05, 0) is 133 Å². The number of Topliss-reactive ketones (excluding diaryl/α,β-unsaturated/α-hetero) is 2. The molecule has 0 radical (unpaired) electrons. The van der Waals surface area contributed by atoms with Gasteiger partial charge < -0.3 is 10.2 Å². The maximum Gasteiger partial charge on any atom is -0.0134 e. The van der Waals surface area contributed by atoms with Gasteiger partial charge in [-0.1, -0.05) is 311 Å². The zero-order valence-electron chi connectivity index (χ0n) is 51.3. The van der Waals surface area contributed by atoms with Gasteiger partial charge in [0.25, 0.3) is 0 Å². The van der Waals surface area contributed by atoms with Gasteiger partial charge in [-0.15, -0.1) is 0 Å². The molecule has 0 heterocycles. The van der Waals surface area contributed by atoms with Crippen molar-refractivity contribution in [3.8, 4) is 0 Å². The summed E-state index contributed by atoms with van der Waals surface area (Å²) in [5, 5.41) is 30.9. The maximum atomic E-state index is 11.1. The van der Waals surface area contributed by atoms with Crippen molar-refractivity contribution < 1.29 is 44.5 Å². The van der Waals surface area contributed by atoms with Crippen molar-refractivity contribution in [2.45, 2.75) is 53.7 Å². The average molecular weight is 1310 g/mol. The summed E-state index contributed by atoms with van der Waals surface area (Å²) in [6, 6.07) is 107. The number of hydrogen-bond donors (Lipinski definition) is 2. The number of aliphatic hydroxyl groups is 2. The second-order valence-electron chi connectivity index (χ2n) is 19.0. The summed E-state index contributed by atoms with van der Waals surface area (Å²) >= 11 is 1.82. The van der Waals surface area contributed by atoms with Crippen LogP contribution in [0.3, 0.4) is 0 Å². The summed E-state index contributed by atoms with van der Waals surface area (Å²) < 4.78 is 22.0. The minimum Gasteiger partial charge on any atom is -0.0622 e. The Balaban J connectivity index is 0.000000201. The molecule has 0 aliphatic heterocycles. The molecule has 0 atom stereocenters. The summed E-state index contributed by atoms with van der Waals surface area (Å²) in [6.07, 6.45) is 1.42. The molecule has 0 aliphatic rings. The third-order valence-electron chi connectivity index (χ3n) is 13.3. The number of carbonyl (C=O) groups is 2. The first kappa shape index (κ1) is 67.1. The molecule has 11 aromatic rings. The predicted molar refractivity (Wildman–Crippen MR) is 369 cm³/mol. The van der Waals surface area contributed by atoms with Crippen LogP contribution in [0.25, 0.3) is 0 Å². The van der Waals surface area contributed by atoms with Crippen LogP contribution in [0.4, 0.5) is 0 Å². The van der Waals surface area contributed by atoms with Crippen LogP contribution in [-0.2, 0) is 48.0 Å². The van der Waals surface area contributed by atoms with E-state index in [0.717, 1.165) is 17.5 Å². The summed E-state index contributed by atoms with van der Waals surface area (Å²) in [5.74, 6) is 0.00828. The number of hydrogen-bond acceptors (Lipinski definition) is 4. The molecule has 10 heteroatoms. The monoisotopic (exact) mass is 1310 g/mol. The third-order valence-corrected chi connectivity index (χ3v) is 20.6. The van der Waals surface area contributed by atoms with E-state index in [1.54, 1.807) is 19.1 Å². The van der Waals surface area contributed by atoms with Gasteiger partial charge in [0.2, 0.25) is 0 Å². The summed E-state index contributed by atoms with van der Waals surface area (Å²) in [4.78, 5) is 22.2. The van der Waals surface area contributed by atoms with Crippen LogP contribution >= 0.6 is 33.5 Å². The van der Waals surface area contributed by atoms with Crippen LogP contribution in [0, 0.1) is 6.65 Å². The fourth-order valence-corrected chi connectivity index (χ4v) is 16.0. The number of aliphatic hydroxyl groups excluding tert-OH is 1. The number of ketones is 2. The van der Waals surface area contributed by atoms with Crippen molar-refractivity contribution in [1.82, 2.24) is 0 Å². The van der Waals surface area contributed by atoms with E-state index in [1.165, 1.54) is 66.8 Å². The molecular weight excluding hydrogens is 1230 g/mol. The molecule has 0 bridgehead atoms. The molecule has 11 rings (SSSR count). The van der Waals surface area contributed by atoms with E-state index in [-0.39, 0.29) is 23.7 Å². The van der Waals surface area contributed by atoms with Crippen molar-refractivity contribution in [3.05, 3.63) is 349 Å². The Morgan fingerprint density at radius 3 is 0.701 bits per heavy atom. The predicted octanol–water partition coefficient (Wildman–Crippen LogP) is 14.9. The zero-order valence-corrected chi connectivity index (χ0v) is 54.4. The Hall–Kier alpha value is -7.38. The molecule has 87 heavy (non-hydrogen) atoms. The number of halogens is 1. The molecule has 0 spiro atoms. The van der Waals surface area contributed by atoms with Gasteiger partial charge in [0, 0.05) is 11.1 Å². The second-order valence-corrected chi connectivity index (χ2v) is 25.6. The van der Waals surface area contributed by atoms with E-state index in [9.17, 15) is 14.7 Å². The Morgan fingerprint density at radius 2 is 0.540 bits per heavy atom. The SMILES string of the molecule is CCc1cc(C(C)=O)ccc1CO.[2H]C([2H])(O)c1ccc(C(C)=O)cc1CC.[C-]#[O+].[Cl][Ru].c1ccc(P(c2ccccc2)c2ccccc2)cc1.c1ccc(P(c2ccccc2)c2ccccc2)cc1.c1ccc(P(c2ccccc2)c2ccccc2)cc1. The van der Waals surface area contributed by atoms with Crippen molar-refractivity contribution in [2.24, 2.45) is 0 Å². The van der Waals surface area contributed by atoms with Crippen LogP contribution in [0.15, 0.2) is 309 Å². The van der Waals surface area contributed by atoms with Gasteiger partial charge in [0.15, 0.2) is 11.6 Å². The summed E-state index contributed by atoms with van der Waals surface area (Å²) in [6.45, 7) is 9.07. The van der Waals surface area contributed by atoms with E-state index in [2.05, 4.69) is 289 Å². The van der Waals surface area contributed by atoms with E-state index in [1.807, 2.05) is 43.3 Å². The minimum absolute atomic E-state index is 0.0430. The molecule has 441 valence electrons. The van der Waals surface area contributed by atoms with Crippen LogP contribution in [0.1, 0.15) is 73.4 Å². The van der Waals surface area contributed by atoms with Crippen molar-refractivity contribution in [2.75, 3.05) is 0 Å². The van der Waals surface area contributed by atoms with E-state index in [4.69, 9.17) is 12.5 Å². The Kier molecular flexibility index (Phi) is 31.6. The first-order chi connectivity index (χ1) is 43.4. The van der Waals surface area contributed by atoms with Gasteiger partial charge in [-0.2, -0.15) is 0 Å². The molecule has 5 nitrogen and oxygen atoms in total. The zero-order chi connectivity index (χ0) is 64.2. The standard InChI is InChI=1S/3C18H15P.2C11H14O2.CO.ClH.Ru/c3*1-4-10-16(11-5-1)19(17-12-6-2-7-13-17)18-14-8-3-9-15-18;2*1-3-9-6-10(8(2)13)4-5-11(9)7-12;1-2;;/h3*1-15H;2*4-6,12H,3,7H2,1-2H3;;1H;/q;;;;;;;+1/p-1/i;;;7D2;;;;. The quantitative estimate of drug-likeness (QED) is 0.0352. The van der Waals surface area contributed by atoms with Crippen LogP contribution in [-0.4, -0.2) is 21.8 Å². The smallest absolute Gasteiger partial charge is 0.0134 e. The van der Waals surface area contributed by atoms with Crippen LogP contribution in [0.5, 0.6) is 0 Å². The van der Waals surface area contributed by atoms with Gasteiger partial charge in [-0.3, -0.25) is 9.59 Å². The number of rotatable bonds is 15. The van der Waals surface area contributed by atoms with Gasteiger partial charge >= 0.3 is 38.3 Å². The molecule has 2 N–H and O–H groups in total.